The zero-order valence-electron chi connectivity index (χ0n) is 13.8. The minimum Gasteiger partial charge on any atom is -0.289 e. The highest BCUT2D eigenvalue weighted by molar-refractivity contribution is 6.25. The fourth-order valence-corrected chi connectivity index (χ4v) is 3.62. The van der Waals surface area contributed by atoms with Crippen LogP contribution in [0, 0.1) is 0 Å². The van der Waals surface area contributed by atoms with Gasteiger partial charge in [-0.3, -0.25) is 9.59 Å². The van der Waals surface area contributed by atoms with Crippen molar-refractivity contribution in [2.24, 2.45) is 0 Å². The minimum absolute atomic E-state index is 0.0197. The SMILES string of the molecule is O=C1c2ccccc2-c2nn(C(=O)Cc3ccccc3)c3cccc1c23. The van der Waals surface area contributed by atoms with Gasteiger partial charge in [-0.25, -0.2) is 0 Å². The number of hydrogen-bond acceptors (Lipinski definition) is 3. The molecule has 0 amide bonds. The lowest BCUT2D eigenvalue weighted by atomic mass is 9.87. The summed E-state index contributed by atoms with van der Waals surface area (Å²) >= 11 is 0. The van der Waals surface area contributed by atoms with Gasteiger partial charge in [0, 0.05) is 22.1 Å². The lowest BCUT2D eigenvalue weighted by molar-refractivity contribution is 0.0904. The van der Waals surface area contributed by atoms with E-state index >= 15 is 0 Å². The smallest absolute Gasteiger partial charge is 0.251 e. The molecule has 0 atom stereocenters. The molecule has 4 heteroatoms. The van der Waals surface area contributed by atoms with Gasteiger partial charge in [0.1, 0.15) is 5.69 Å². The van der Waals surface area contributed by atoms with Gasteiger partial charge < -0.3 is 0 Å². The van der Waals surface area contributed by atoms with Crippen molar-refractivity contribution in [3.05, 3.63) is 89.5 Å². The highest BCUT2D eigenvalue weighted by atomic mass is 16.2. The summed E-state index contributed by atoms with van der Waals surface area (Å²) in [5, 5.41) is 5.37. The number of hydrogen-bond donors (Lipinski definition) is 0. The van der Waals surface area contributed by atoms with Gasteiger partial charge in [-0.2, -0.15) is 9.78 Å². The van der Waals surface area contributed by atoms with E-state index in [1.807, 2.05) is 60.7 Å². The fraction of sp³-hybridized carbons (Fsp3) is 0.0455. The van der Waals surface area contributed by atoms with Gasteiger partial charge in [0.2, 0.25) is 0 Å². The maximum atomic E-state index is 12.9. The third-order valence-electron chi connectivity index (χ3n) is 4.81. The van der Waals surface area contributed by atoms with Crippen LogP contribution in [0.2, 0.25) is 0 Å². The van der Waals surface area contributed by atoms with Crippen molar-refractivity contribution < 1.29 is 9.59 Å². The molecule has 0 radical (unpaired) electrons. The second-order valence-corrected chi connectivity index (χ2v) is 6.39. The molecule has 124 valence electrons. The molecule has 3 aromatic carbocycles. The van der Waals surface area contributed by atoms with Gasteiger partial charge in [0.15, 0.2) is 5.78 Å². The quantitative estimate of drug-likeness (QED) is 0.486. The Morgan fingerprint density at radius 1 is 0.808 bits per heavy atom. The summed E-state index contributed by atoms with van der Waals surface area (Å²) in [4.78, 5) is 25.7. The van der Waals surface area contributed by atoms with Crippen LogP contribution in [-0.2, 0) is 6.42 Å². The summed E-state index contributed by atoms with van der Waals surface area (Å²) < 4.78 is 1.44. The molecule has 0 aliphatic heterocycles. The van der Waals surface area contributed by atoms with Crippen molar-refractivity contribution in [1.82, 2.24) is 9.78 Å². The number of ketones is 1. The van der Waals surface area contributed by atoms with E-state index in [1.54, 1.807) is 12.1 Å². The normalized spacial score (nSPS) is 12.2. The Bertz CT molecular complexity index is 1190. The summed E-state index contributed by atoms with van der Waals surface area (Å²) in [6.45, 7) is 0. The number of benzene rings is 3. The maximum Gasteiger partial charge on any atom is 0.251 e. The monoisotopic (exact) mass is 338 g/mol. The van der Waals surface area contributed by atoms with Crippen LogP contribution < -0.4 is 0 Å². The minimum atomic E-state index is -0.114. The number of nitrogens with zero attached hydrogens (tertiary/aromatic N) is 2. The van der Waals surface area contributed by atoms with Crippen LogP contribution in [0.3, 0.4) is 0 Å². The number of fused-ring (bicyclic) bond motifs is 2. The van der Waals surface area contributed by atoms with E-state index in [1.165, 1.54) is 4.68 Å². The van der Waals surface area contributed by atoms with E-state index in [4.69, 9.17) is 0 Å². The molecule has 4 aromatic rings. The van der Waals surface area contributed by atoms with Crippen LogP contribution in [0.4, 0.5) is 0 Å². The fourth-order valence-electron chi connectivity index (χ4n) is 3.62. The Morgan fingerprint density at radius 3 is 2.31 bits per heavy atom. The number of carbonyl (C=O) groups is 2. The van der Waals surface area contributed by atoms with Gasteiger partial charge in [-0.05, 0) is 11.6 Å². The molecule has 26 heavy (non-hydrogen) atoms. The molecule has 0 N–H and O–H groups in total. The third-order valence-corrected chi connectivity index (χ3v) is 4.81. The number of rotatable bonds is 2. The van der Waals surface area contributed by atoms with Crippen LogP contribution in [0.5, 0.6) is 0 Å². The van der Waals surface area contributed by atoms with Crippen molar-refractivity contribution >= 4 is 22.6 Å². The second-order valence-electron chi connectivity index (χ2n) is 6.39. The molecule has 4 nitrogen and oxygen atoms in total. The Kier molecular flexibility index (Phi) is 3.12. The van der Waals surface area contributed by atoms with Gasteiger partial charge in [-0.15, -0.1) is 0 Å². The molecule has 5 rings (SSSR count). The molecule has 0 unspecified atom stereocenters. The highest BCUT2D eigenvalue weighted by Gasteiger charge is 2.29. The van der Waals surface area contributed by atoms with Crippen molar-refractivity contribution in [3.63, 3.8) is 0 Å². The molecular weight excluding hydrogens is 324 g/mol. The van der Waals surface area contributed by atoms with E-state index in [-0.39, 0.29) is 18.1 Å². The van der Waals surface area contributed by atoms with Crippen molar-refractivity contribution in [2.45, 2.75) is 6.42 Å². The zero-order chi connectivity index (χ0) is 17.7. The summed E-state index contributed by atoms with van der Waals surface area (Å²) in [7, 11) is 0. The van der Waals surface area contributed by atoms with Crippen molar-refractivity contribution in [3.8, 4) is 11.3 Å². The van der Waals surface area contributed by atoms with Crippen LogP contribution in [0.15, 0.2) is 72.8 Å². The predicted molar refractivity (Wildman–Crippen MR) is 99.4 cm³/mol. The first-order valence-corrected chi connectivity index (χ1v) is 8.47. The maximum absolute atomic E-state index is 12.9. The van der Waals surface area contributed by atoms with Crippen LogP contribution in [-0.4, -0.2) is 21.5 Å². The molecule has 1 aliphatic carbocycles. The van der Waals surface area contributed by atoms with Gasteiger partial charge in [0.05, 0.1) is 11.9 Å². The molecule has 0 fully saturated rings. The summed E-state index contributed by atoms with van der Waals surface area (Å²) in [6, 6.07) is 22.5. The van der Waals surface area contributed by atoms with Crippen LogP contribution >= 0.6 is 0 Å². The highest BCUT2D eigenvalue weighted by Crippen LogP contribution is 2.38. The Labute approximate surface area is 149 Å². The van der Waals surface area contributed by atoms with E-state index < -0.39 is 0 Å². The lowest BCUT2D eigenvalue weighted by Crippen LogP contribution is -2.15. The van der Waals surface area contributed by atoms with E-state index in [0.29, 0.717) is 22.3 Å². The number of aromatic nitrogens is 2. The molecular formula is C22H14N2O2. The average molecular weight is 338 g/mol. The third kappa shape index (κ3) is 2.05. The van der Waals surface area contributed by atoms with E-state index in [9.17, 15) is 9.59 Å². The first kappa shape index (κ1) is 14.8. The van der Waals surface area contributed by atoms with E-state index in [2.05, 4.69) is 5.10 Å². The second kappa shape index (κ2) is 5.49. The Morgan fingerprint density at radius 2 is 1.50 bits per heavy atom. The van der Waals surface area contributed by atoms with Crippen molar-refractivity contribution in [1.29, 1.82) is 0 Å². The molecule has 1 aromatic heterocycles. The molecule has 0 spiro atoms. The largest absolute Gasteiger partial charge is 0.289 e. The van der Waals surface area contributed by atoms with Gasteiger partial charge >= 0.3 is 0 Å². The molecule has 0 bridgehead atoms. The topological polar surface area (TPSA) is 52.0 Å². The van der Waals surface area contributed by atoms with Crippen LogP contribution in [0.25, 0.3) is 22.2 Å². The van der Waals surface area contributed by atoms with Gasteiger partial charge in [-0.1, -0.05) is 66.7 Å². The first-order valence-electron chi connectivity index (χ1n) is 8.47. The average Bonchev–Trinajstić information content (AvgIpc) is 3.08. The first-order chi connectivity index (χ1) is 12.7. The Balaban J connectivity index is 1.72. The summed E-state index contributed by atoms with van der Waals surface area (Å²) in [5.41, 5.74) is 4.34. The molecule has 0 saturated heterocycles. The van der Waals surface area contributed by atoms with Crippen molar-refractivity contribution in [2.75, 3.05) is 0 Å². The van der Waals surface area contributed by atoms with Gasteiger partial charge in [0.25, 0.3) is 5.91 Å². The zero-order valence-corrected chi connectivity index (χ0v) is 13.8. The summed E-state index contributed by atoms with van der Waals surface area (Å²) in [5.74, 6) is -0.134. The molecule has 1 heterocycles. The molecule has 1 aliphatic rings. The Hall–Kier alpha value is -3.53. The van der Waals surface area contributed by atoms with Crippen LogP contribution in [0.1, 0.15) is 26.3 Å². The standard InChI is InChI=1S/C22H14N2O2/c25-19(13-14-7-2-1-3-8-14)24-18-12-6-11-17-20(18)21(23-24)15-9-4-5-10-16(15)22(17)26/h1-12H,13H2. The molecule has 0 saturated carbocycles. The van der Waals surface area contributed by atoms with E-state index in [0.717, 1.165) is 16.5 Å². The predicted octanol–water partition coefficient (Wildman–Crippen LogP) is 4.13. The summed E-state index contributed by atoms with van der Waals surface area (Å²) in [6.07, 6.45) is 0.261. The lowest BCUT2D eigenvalue weighted by Gasteiger charge is -2.13. The number of carbonyl (C=O) groups excluding carboxylic acids is 2.